The van der Waals surface area contributed by atoms with Crippen LogP contribution in [0, 0.1) is 0 Å². The van der Waals surface area contributed by atoms with E-state index in [0.717, 1.165) is 25.8 Å². The summed E-state index contributed by atoms with van der Waals surface area (Å²) in [6.07, 6.45) is 5.59. The molecule has 0 atom stereocenters. The topological polar surface area (TPSA) is 50.7 Å². The molecule has 7 heteroatoms. The van der Waals surface area contributed by atoms with Gasteiger partial charge in [-0.3, -0.25) is 0 Å². The summed E-state index contributed by atoms with van der Waals surface area (Å²) in [6.45, 7) is 0. The second-order valence-corrected chi connectivity index (χ2v) is 6.77. The zero-order valence-corrected chi connectivity index (χ0v) is 14.3. The van der Waals surface area contributed by atoms with Crippen molar-refractivity contribution in [2.24, 2.45) is 0 Å². The zero-order chi connectivity index (χ0) is 14.7. The highest BCUT2D eigenvalue weighted by molar-refractivity contribution is 9.10. The van der Waals surface area contributed by atoms with E-state index in [-0.39, 0.29) is 0 Å². The second kappa shape index (κ2) is 6.55. The van der Waals surface area contributed by atoms with E-state index < -0.39 is 0 Å². The van der Waals surface area contributed by atoms with Crippen LogP contribution in [-0.2, 0) is 0 Å². The largest absolute Gasteiger partial charge is 0.300 e. The number of nitrogens with one attached hydrogen (secondary N) is 1. The number of anilines is 2. The molecule has 4 nitrogen and oxygen atoms in total. The first-order valence-corrected chi connectivity index (χ1v) is 8.99. The molecule has 1 aromatic carbocycles. The standard InChI is InChI=1S/C14H11BrN4S2/c1-20-11-6-16-13(17-7-11)19-14-18-12(8-21-14)9-2-4-10(15)5-3-9/h2-8H,1H3,(H,16,17,18,19). The maximum Gasteiger partial charge on any atom is 0.228 e. The van der Waals surface area contributed by atoms with Crippen LogP contribution < -0.4 is 5.32 Å². The molecule has 3 aromatic rings. The van der Waals surface area contributed by atoms with Crippen molar-refractivity contribution < 1.29 is 0 Å². The minimum Gasteiger partial charge on any atom is -0.300 e. The number of aromatic nitrogens is 3. The van der Waals surface area contributed by atoms with E-state index in [0.29, 0.717) is 5.95 Å². The average molecular weight is 379 g/mol. The van der Waals surface area contributed by atoms with Crippen LogP contribution >= 0.6 is 39.0 Å². The van der Waals surface area contributed by atoms with Crippen LogP contribution in [0.25, 0.3) is 11.3 Å². The number of thiazole rings is 1. The molecule has 2 heterocycles. The van der Waals surface area contributed by atoms with Crippen LogP contribution in [0.1, 0.15) is 0 Å². The van der Waals surface area contributed by atoms with Crippen molar-refractivity contribution in [3.8, 4) is 11.3 Å². The Hall–Kier alpha value is -1.44. The van der Waals surface area contributed by atoms with Crippen molar-refractivity contribution in [3.05, 3.63) is 46.5 Å². The van der Waals surface area contributed by atoms with Crippen LogP contribution in [-0.4, -0.2) is 21.2 Å². The zero-order valence-electron chi connectivity index (χ0n) is 11.1. The molecule has 0 radical (unpaired) electrons. The molecule has 0 spiro atoms. The highest BCUT2D eigenvalue weighted by atomic mass is 79.9. The first kappa shape index (κ1) is 14.5. The van der Waals surface area contributed by atoms with Crippen molar-refractivity contribution >= 4 is 50.1 Å². The molecule has 1 N–H and O–H groups in total. The highest BCUT2D eigenvalue weighted by Crippen LogP contribution is 2.27. The van der Waals surface area contributed by atoms with E-state index in [1.807, 2.05) is 35.9 Å². The van der Waals surface area contributed by atoms with Crippen molar-refractivity contribution in [2.45, 2.75) is 4.90 Å². The Kier molecular flexibility index (Phi) is 4.52. The molecule has 0 aliphatic rings. The first-order chi connectivity index (χ1) is 10.2. The lowest BCUT2D eigenvalue weighted by atomic mass is 10.2. The summed E-state index contributed by atoms with van der Waals surface area (Å²) in [5, 5.41) is 5.92. The molecular formula is C14H11BrN4S2. The third-order valence-electron chi connectivity index (χ3n) is 2.73. The fourth-order valence-electron chi connectivity index (χ4n) is 1.67. The molecule has 0 unspecified atom stereocenters. The van der Waals surface area contributed by atoms with Gasteiger partial charge in [-0.1, -0.05) is 28.1 Å². The van der Waals surface area contributed by atoms with Gasteiger partial charge in [0, 0.05) is 32.7 Å². The predicted molar refractivity (Wildman–Crippen MR) is 92.3 cm³/mol. The SMILES string of the molecule is CSc1cnc(Nc2nc(-c3ccc(Br)cc3)cs2)nc1. The summed E-state index contributed by atoms with van der Waals surface area (Å²) in [5.41, 5.74) is 2.02. The van der Waals surface area contributed by atoms with Gasteiger partial charge in [-0.2, -0.15) is 0 Å². The van der Waals surface area contributed by atoms with E-state index in [1.165, 1.54) is 11.3 Å². The Morgan fingerprint density at radius 3 is 2.52 bits per heavy atom. The molecule has 3 rings (SSSR count). The first-order valence-electron chi connectivity index (χ1n) is 6.09. The van der Waals surface area contributed by atoms with Crippen LogP contribution in [0.3, 0.4) is 0 Å². The molecule has 2 aromatic heterocycles. The molecule has 0 fully saturated rings. The Morgan fingerprint density at radius 2 is 1.86 bits per heavy atom. The minimum atomic E-state index is 0.560. The van der Waals surface area contributed by atoms with E-state index in [2.05, 4.69) is 36.2 Å². The molecule has 0 bridgehead atoms. The van der Waals surface area contributed by atoms with Crippen LogP contribution in [0.4, 0.5) is 11.1 Å². The normalized spacial score (nSPS) is 10.6. The Balaban J connectivity index is 1.76. The monoisotopic (exact) mass is 378 g/mol. The molecular weight excluding hydrogens is 368 g/mol. The summed E-state index contributed by atoms with van der Waals surface area (Å²) in [4.78, 5) is 14.1. The molecule has 0 amide bonds. The molecule has 0 saturated carbocycles. The summed E-state index contributed by atoms with van der Waals surface area (Å²) >= 11 is 6.58. The second-order valence-electron chi connectivity index (χ2n) is 4.12. The van der Waals surface area contributed by atoms with E-state index in [9.17, 15) is 0 Å². The van der Waals surface area contributed by atoms with Gasteiger partial charge in [-0.15, -0.1) is 23.1 Å². The number of hydrogen-bond donors (Lipinski definition) is 1. The summed E-state index contributed by atoms with van der Waals surface area (Å²) in [7, 11) is 0. The minimum absolute atomic E-state index is 0.560. The summed E-state index contributed by atoms with van der Waals surface area (Å²) in [5.74, 6) is 0.560. The van der Waals surface area contributed by atoms with Gasteiger partial charge in [0.15, 0.2) is 5.13 Å². The number of benzene rings is 1. The van der Waals surface area contributed by atoms with Gasteiger partial charge in [0.1, 0.15) is 0 Å². The highest BCUT2D eigenvalue weighted by Gasteiger charge is 2.06. The van der Waals surface area contributed by atoms with Crippen molar-refractivity contribution in [3.63, 3.8) is 0 Å². The van der Waals surface area contributed by atoms with Crippen LogP contribution in [0.5, 0.6) is 0 Å². The Labute approximate surface area is 139 Å². The number of rotatable bonds is 4. The van der Waals surface area contributed by atoms with E-state index >= 15 is 0 Å². The summed E-state index contributed by atoms with van der Waals surface area (Å²) < 4.78 is 1.06. The van der Waals surface area contributed by atoms with Gasteiger partial charge in [0.05, 0.1) is 5.69 Å². The van der Waals surface area contributed by atoms with Gasteiger partial charge in [-0.05, 0) is 18.4 Å². The number of halogens is 1. The molecule has 0 saturated heterocycles. The van der Waals surface area contributed by atoms with Crippen LogP contribution in [0.2, 0.25) is 0 Å². The maximum absolute atomic E-state index is 4.55. The van der Waals surface area contributed by atoms with E-state index in [4.69, 9.17) is 0 Å². The van der Waals surface area contributed by atoms with E-state index in [1.54, 1.807) is 24.2 Å². The lowest BCUT2D eigenvalue weighted by Gasteiger charge is -2.01. The fourth-order valence-corrected chi connectivity index (χ4v) is 2.96. The number of nitrogens with zero attached hydrogens (tertiary/aromatic N) is 3. The van der Waals surface area contributed by atoms with Gasteiger partial charge >= 0.3 is 0 Å². The molecule has 0 aliphatic heterocycles. The van der Waals surface area contributed by atoms with Gasteiger partial charge in [0.25, 0.3) is 0 Å². The van der Waals surface area contributed by atoms with Gasteiger partial charge in [-0.25, -0.2) is 15.0 Å². The van der Waals surface area contributed by atoms with Crippen molar-refractivity contribution in [2.75, 3.05) is 11.6 Å². The quantitative estimate of drug-likeness (QED) is 0.658. The molecule has 0 aliphatic carbocycles. The predicted octanol–water partition coefficient (Wildman–Crippen LogP) is 4.83. The summed E-state index contributed by atoms with van der Waals surface area (Å²) in [6, 6.07) is 8.08. The maximum atomic E-state index is 4.55. The number of thioether (sulfide) groups is 1. The smallest absolute Gasteiger partial charge is 0.228 e. The Bertz CT molecular complexity index is 725. The Morgan fingerprint density at radius 1 is 1.14 bits per heavy atom. The van der Waals surface area contributed by atoms with Crippen molar-refractivity contribution in [1.29, 1.82) is 0 Å². The van der Waals surface area contributed by atoms with Gasteiger partial charge < -0.3 is 5.32 Å². The fraction of sp³-hybridized carbons (Fsp3) is 0.0714. The average Bonchev–Trinajstić information content (AvgIpc) is 2.97. The molecule has 21 heavy (non-hydrogen) atoms. The third-order valence-corrected chi connectivity index (χ3v) is 4.70. The van der Waals surface area contributed by atoms with Gasteiger partial charge in [0.2, 0.25) is 5.95 Å². The third kappa shape index (κ3) is 3.61. The van der Waals surface area contributed by atoms with Crippen LogP contribution in [0.15, 0.2) is 51.4 Å². The lowest BCUT2D eigenvalue weighted by Crippen LogP contribution is -1.96. The number of hydrogen-bond acceptors (Lipinski definition) is 6. The molecule has 106 valence electrons. The lowest BCUT2D eigenvalue weighted by molar-refractivity contribution is 1.10. The van der Waals surface area contributed by atoms with Crippen molar-refractivity contribution in [1.82, 2.24) is 15.0 Å².